The molecule has 1 unspecified atom stereocenters. The topological polar surface area (TPSA) is 19.0 Å². The maximum Gasteiger partial charge on any atom is 0.0513 e. The number of rotatable bonds is 4. The SMILES string of the molecule is CCN(CC)C(C)c1cccc2c1[nH]c1ccc(Cl)cc12. The second-order valence-corrected chi connectivity index (χ2v) is 5.92. The minimum Gasteiger partial charge on any atom is -0.354 e. The zero-order chi connectivity index (χ0) is 15.0. The van der Waals surface area contributed by atoms with Crippen LogP contribution in [0.25, 0.3) is 21.8 Å². The van der Waals surface area contributed by atoms with Gasteiger partial charge in [-0.1, -0.05) is 43.6 Å². The second kappa shape index (κ2) is 5.70. The van der Waals surface area contributed by atoms with Crippen LogP contribution in [-0.4, -0.2) is 23.0 Å². The number of halogens is 1. The number of hydrogen-bond acceptors (Lipinski definition) is 1. The zero-order valence-electron chi connectivity index (χ0n) is 12.8. The lowest BCUT2D eigenvalue weighted by molar-refractivity contribution is 0.235. The minimum atomic E-state index is 0.396. The Morgan fingerprint density at radius 2 is 1.86 bits per heavy atom. The summed E-state index contributed by atoms with van der Waals surface area (Å²) in [5, 5.41) is 3.24. The lowest BCUT2D eigenvalue weighted by Gasteiger charge is -2.27. The number of nitrogens with one attached hydrogen (secondary N) is 1. The highest BCUT2D eigenvalue weighted by Gasteiger charge is 2.17. The van der Waals surface area contributed by atoms with Gasteiger partial charge < -0.3 is 4.98 Å². The van der Waals surface area contributed by atoms with E-state index in [1.54, 1.807) is 0 Å². The van der Waals surface area contributed by atoms with Gasteiger partial charge >= 0.3 is 0 Å². The van der Waals surface area contributed by atoms with Gasteiger partial charge in [0.2, 0.25) is 0 Å². The van der Waals surface area contributed by atoms with Crippen LogP contribution in [0.1, 0.15) is 32.4 Å². The quantitative estimate of drug-likeness (QED) is 0.685. The van der Waals surface area contributed by atoms with Gasteiger partial charge in [0.25, 0.3) is 0 Å². The van der Waals surface area contributed by atoms with Gasteiger partial charge in [-0.2, -0.15) is 0 Å². The summed E-state index contributed by atoms with van der Waals surface area (Å²) in [7, 11) is 0. The highest BCUT2D eigenvalue weighted by atomic mass is 35.5. The lowest BCUT2D eigenvalue weighted by atomic mass is 10.0. The Balaban J connectivity index is 2.22. The number of fused-ring (bicyclic) bond motifs is 3. The van der Waals surface area contributed by atoms with Crippen molar-refractivity contribution >= 4 is 33.4 Å². The summed E-state index contributed by atoms with van der Waals surface area (Å²) in [6.07, 6.45) is 0. The Morgan fingerprint density at radius 3 is 2.57 bits per heavy atom. The molecule has 0 radical (unpaired) electrons. The Kier molecular flexibility index (Phi) is 3.92. The van der Waals surface area contributed by atoms with Crippen LogP contribution in [0.3, 0.4) is 0 Å². The summed E-state index contributed by atoms with van der Waals surface area (Å²) in [4.78, 5) is 6.04. The number of hydrogen-bond donors (Lipinski definition) is 1. The van der Waals surface area contributed by atoms with Crippen molar-refractivity contribution in [1.29, 1.82) is 0 Å². The van der Waals surface area contributed by atoms with E-state index < -0.39 is 0 Å². The molecule has 110 valence electrons. The molecule has 0 bridgehead atoms. The van der Waals surface area contributed by atoms with Crippen molar-refractivity contribution in [1.82, 2.24) is 9.88 Å². The Bertz CT molecular complexity index is 771. The summed E-state index contributed by atoms with van der Waals surface area (Å²) in [6, 6.07) is 13.0. The maximum atomic E-state index is 6.15. The molecule has 0 spiro atoms. The van der Waals surface area contributed by atoms with Crippen molar-refractivity contribution in [2.75, 3.05) is 13.1 Å². The van der Waals surface area contributed by atoms with Crippen LogP contribution < -0.4 is 0 Å². The van der Waals surface area contributed by atoms with Gasteiger partial charge in [-0.15, -0.1) is 0 Å². The monoisotopic (exact) mass is 300 g/mol. The third-order valence-electron chi connectivity index (χ3n) is 4.44. The van der Waals surface area contributed by atoms with Crippen LogP contribution in [-0.2, 0) is 0 Å². The van der Waals surface area contributed by atoms with Crippen molar-refractivity contribution in [3.8, 4) is 0 Å². The van der Waals surface area contributed by atoms with Gasteiger partial charge in [0.05, 0.1) is 5.52 Å². The average Bonchev–Trinajstić information content (AvgIpc) is 2.86. The number of aromatic amines is 1. The number of nitrogens with zero attached hydrogens (tertiary/aromatic N) is 1. The summed E-state index contributed by atoms with van der Waals surface area (Å²) in [6.45, 7) is 8.82. The Hall–Kier alpha value is -1.51. The van der Waals surface area contributed by atoms with Crippen LogP contribution in [0.4, 0.5) is 0 Å². The molecule has 1 N–H and O–H groups in total. The van der Waals surface area contributed by atoms with Crippen LogP contribution in [0.5, 0.6) is 0 Å². The molecule has 1 heterocycles. The summed E-state index contributed by atoms with van der Waals surface area (Å²) in [5.74, 6) is 0. The van der Waals surface area contributed by atoms with E-state index >= 15 is 0 Å². The van der Waals surface area contributed by atoms with E-state index in [1.807, 2.05) is 12.1 Å². The molecule has 3 heteroatoms. The number of aromatic nitrogens is 1. The predicted octanol–water partition coefficient (Wildman–Crippen LogP) is 5.38. The summed E-state index contributed by atoms with van der Waals surface area (Å²) in [5.41, 5.74) is 3.73. The molecule has 21 heavy (non-hydrogen) atoms. The largest absolute Gasteiger partial charge is 0.354 e. The fraction of sp³-hybridized carbons (Fsp3) is 0.333. The second-order valence-electron chi connectivity index (χ2n) is 5.48. The molecule has 0 aliphatic carbocycles. The first-order valence-corrected chi connectivity index (χ1v) is 7.97. The summed E-state index contributed by atoms with van der Waals surface area (Å²) < 4.78 is 0. The molecule has 0 fully saturated rings. The van der Waals surface area contributed by atoms with Crippen molar-refractivity contribution < 1.29 is 0 Å². The fourth-order valence-electron chi connectivity index (χ4n) is 3.23. The van der Waals surface area contributed by atoms with Gasteiger partial charge in [-0.3, -0.25) is 4.90 Å². The standard InChI is InChI=1S/C18H21ClN2/c1-4-21(5-2)12(3)14-7-6-8-15-16-11-13(19)9-10-17(16)20-18(14)15/h6-12,20H,4-5H2,1-3H3. The molecule has 0 aliphatic rings. The third kappa shape index (κ3) is 2.43. The maximum absolute atomic E-state index is 6.15. The zero-order valence-corrected chi connectivity index (χ0v) is 13.5. The molecule has 3 rings (SSSR count). The van der Waals surface area contributed by atoms with Crippen LogP contribution in [0, 0.1) is 0 Å². The van der Waals surface area contributed by atoms with E-state index in [1.165, 1.54) is 21.9 Å². The average molecular weight is 301 g/mol. The lowest BCUT2D eigenvalue weighted by Crippen LogP contribution is -2.26. The highest BCUT2D eigenvalue weighted by Crippen LogP contribution is 2.33. The molecule has 0 saturated carbocycles. The van der Waals surface area contributed by atoms with Crippen molar-refractivity contribution in [3.05, 3.63) is 47.0 Å². The molecule has 0 aliphatic heterocycles. The molecule has 0 amide bonds. The van der Waals surface area contributed by atoms with E-state index in [9.17, 15) is 0 Å². The van der Waals surface area contributed by atoms with Crippen molar-refractivity contribution in [2.24, 2.45) is 0 Å². The molecule has 0 saturated heterocycles. The molecule has 2 aromatic carbocycles. The first-order chi connectivity index (χ1) is 10.2. The number of H-pyrrole nitrogens is 1. The van der Waals surface area contributed by atoms with Gasteiger partial charge in [0.1, 0.15) is 0 Å². The normalized spacial score (nSPS) is 13.4. The van der Waals surface area contributed by atoms with E-state index in [4.69, 9.17) is 11.6 Å². The summed E-state index contributed by atoms with van der Waals surface area (Å²) >= 11 is 6.15. The smallest absolute Gasteiger partial charge is 0.0513 e. The predicted molar refractivity (Wildman–Crippen MR) is 92.2 cm³/mol. The van der Waals surface area contributed by atoms with E-state index in [-0.39, 0.29) is 0 Å². The van der Waals surface area contributed by atoms with Gasteiger partial charge in [0, 0.05) is 27.4 Å². The molecular weight excluding hydrogens is 280 g/mol. The number of benzene rings is 2. The van der Waals surface area contributed by atoms with Crippen LogP contribution in [0.15, 0.2) is 36.4 Å². The Morgan fingerprint density at radius 1 is 1.10 bits per heavy atom. The van der Waals surface area contributed by atoms with E-state index in [2.05, 4.69) is 54.9 Å². The first kappa shape index (κ1) is 14.4. The van der Waals surface area contributed by atoms with Crippen molar-refractivity contribution in [3.63, 3.8) is 0 Å². The van der Waals surface area contributed by atoms with E-state index in [0.29, 0.717) is 6.04 Å². The highest BCUT2D eigenvalue weighted by molar-refractivity contribution is 6.31. The van der Waals surface area contributed by atoms with Crippen LogP contribution >= 0.6 is 11.6 Å². The molecular formula is C18H21ClN2. The van der Waals surface area contributed by atoms with Gasteiger partial charge in [0.15, 0.2) is 0 Å². The van der Waals surface area contributed by atoms with Gasteiger partial charge in [-0.05, 0) is 43.8 Å². The number of para-hydroxylation sites is 1. The molecule has 1 atom stereocenters. The Labute approximate surface area is 130 Å². The molecule has 2 nitrogen and oxygen atoms in total. The fourth-order valence-corrected chi connectivity index (χ4v) is 3.41. The molecule has 3 aromatic rings. The first-order valence-electron chi connectivity index (χ1n) is 7.59. The van der Waals surface area contributed by atoms with E-state index in [0.717, 1.165) is 23.6 Å². The minimum absolute atomic E-state index is 0.396. The molecule has 1 aromatic heterocycles. The van der Waals surface area contributed by atoms with Crippen LogP contribution in [0.2, 0.25) is 5.02 Å². The van der Waals surface area contributed by atoms with Gasteiger partial charge in [-0.25, -0.2) is 0 Å². The van der Waals surface area contributed by atoms with Crippen molar-refractivity contribution in [2.45, 2.75) is 26.8 Å². The third-order valence-corrected chi connectivity index (χ3v) is 4.67.